The summed E-state index contributed by atoms with van der Waals surface area (Å²) in [7, 11) is 3.16. The van der Waals surface area contributed by atoms with Crippen molar-refractivity contribution in [2.45, 2.75) is 13.3 Å². The molecule has 0 atom stereocenters. The molecule has 7 nitrogen and oxygen atoms in total. The van der Waals surface area contributed by atoms with E-state index in [9.17, 15) is 9.59 Å². The van der Waals surface area contributed by atoms with Crippen molar-refractivity contribution >= 4 is 57.3 Å². The predicted molar refractivity (Wildman–Crippen MR) is 145 cm³/mol. The van der Waals surface area contributed by atoms with Gasteiger partial charge in [-0.25, -0.2) is 0 Å². The van der Waals surface area contributed by atoms with Gasteiger partial charge in [0.1, 0.15) is 11.5 Å². The first kappa shape index (κ1) is 25.2. The molecule has 0 unspecified atom stereocenters. The van der Waals surface area contributed by atoms with E-state index in [4.69, 9.17) is 33.3 Å². The molecule has 0 bridgehead atoms. The highest BCUT2D eigenvalue weighted by Gasteiger charge is 2.22. The van der Waals surface area contributed by atoms with Gasteiger partial charge in [0.2, 0.25) is 5.91 Å². The maximum atomic E-state index is 13.4. The van der Waals surface area contributed by atoms with Gasteiger partial charge in [0.25, 0.3) is 5.91 Å². The monoisotopic (exact) mass is 521 g/mol. The number of fused-ring (bicyclic) bond motifs is 1. The van der Waals surface area contributed by atoms with Crippen molar-refractivity contribution in [3.8, 4) is 11.5 Å². The van der Waals surface area contributed by atoms with Gasteiger partial charge < -0.3 is 20.1 Å². The van der Waals surface area contributed by atoms with Gasteiger partial charge in [0.15, 0.2) is 5.11 Å². The molecule has 9 heteroatoms. The van der Waals surface area contributed by atoms with Gasteiger partial charge in [-0.15, -0.1) is 0 Å². The first-order chi connectivity index (χ1) is 17.3. The number of thiocarbonyl (C=S) groups is 1. The van der Waals surface area contributed by atoms with Gasteiger partial charge in [-0.05, 0) is 91.4 Å². The minimum absolute atomic E-state index is 0.0147. The fourth-order valence-corrected chi connectivity index (χ4v) is 4.32. The Morgan fingerprint density at radius 3 is 2.22 bits per heavy atom. The lowest BCUT2D eigenvalue weighted by Gasteiger charge is -2.11. The zero-order valence-electron chi connectivity index (χ0n) is 19.9. The third-order valence-electron chi connectivity index (χ3n) is 5.77. The second-order valence-corrected chi connectivity index (χ2v) is 8.85. The van der Waals surface area contributed by atoms with E-state index >= 15 is 0 Å². The Labute approximate surface area is 219 Å². The summed E-state index contributed by atoms with van der Waals surface area (Å²) in [6.07, 6.45) is 0.0147. The number of halogens is 1. The Morgan fingerprint density at radius 2 is 1.58 bits per heavy atom. The van der Waals surface area contributed by atoms with E-state index in [1.165, 1.54) is 0 Å². The Hall–Kier alpha value is -3.88. The number of hydrogen-bond acceptors (Lipinski definition) is 5. The number of rotatable bonds is 6. The highest BCUT2D eigenvalue weighted by Crippen LogP contribution is 2.31. The first-order valence-corrected chi connectivity index (χ1v) is 11.8. The van der Waals surface area contributed by atoms with Crippen molar-refractivity contribution in [1.29, 1.82) is 0 Å². The van der Waals surface area contributed by atoms with Crippen LogP contribution in [0.5, 0.6) is 11.5 Å². The van der Waals surface area contributed by atoms with Crippen LogP contribution in [0.1, 0.15) is 21.6 Å². The standard InChI is InChI=1S/C27H24ClN3O4S/c1-16-22(15-25(32)30-27(36)29-19-8-10-20(34-2)11-9-19)23-14-21(35-3)12-13-24(23)31(16)26(33)17-4-6-18(28)7-5-17/h4-14H,15H2,1-3H3,(H2,29,30,32,36). The molecular weight excluding hydrogens is 498 g/mol. The molecule has 184 valence electrons. The predicted octanol–water partition coefficient (Wildman–Crippen LogP) is 5.36. The number of carbonyl (C=O) groups is 2. The quantitative estimate of drug-likeness (QED) is 0.332. The molecule has 0 aliphatic rings. The van der Waals surface area contributed by atoms with Crippen LogP contribution in [0.3, 0.4) is 0 Å². The molecule has 0 spiro atoms. The minimum Gasteiger partial charge on any atom is -0.497 e. The zero-order chi connectivity index (χ0) is 25.8. The Bertz CT molecular complexity index is 1450. The van der Waals surface area contributed by atoms with Crippen LogP contribution in [0, 0.1) is 6.92 Å². The lowest BCUT2D eigenvalue weighted by Crippen LogP contribution is -2.35. The molecule has 3 aromatic carbocycles. The minimum atomic E-state index is -0.315. The number of nitrogens with zero attached hydrogens (tertiary/aromatic N) is 1. The highest BCUT2D eigenvalue weighted by atomic mass is 35.5. The lowest BCUT2D eigenvalue weighted by atomic mass is 10.1. The molecule has 36 heavy (non-hydrogen) atoms. The van der Waals surface area contributed by atoms with Gasteiger partial charge in [-0.1, -0.05) is 11.6 Å². The van der Waals surface area contributed by atoms with Crippen LogP contribution in [-0.2, 0) is 11.2 Å². The first-order valence-electron chi connectivity index (χ1n) is 11.0. The molecule has 4 rings (SSSR count). The van der Waals surface area contributed by atoms with Crippen molar-refractivity contribution in [2.75, 3.05) is 19.5 Å². The van der Waals surface area contributed by atoms with E-state index < -0.39 is 0 Å². The van der Waals surface area contributed by atoms with Crippen LogP contribution < -0.4 is 20.1 Å². The number of benzene rings is 3. The number of ether oxygens (including phenoxy) is 2. The maximum absolute atomic E-state index is 13.4. The van der Waals surface area contributed by atoms with Crippen molar-refractivity contribution < 1.29 is 19.1 Å². The van der Waals surface area contributed by atoms with E-state index in [1.54, 1.807) is 73.4 Å². The molecule has 0 saturated carbocycles. The smallest absolute Gasteiger partial charge is 0.262 e. The van der Waals surface area contributed by atoms with Crippen LogP contribution in [0.2, 0.25) is 5.02 Å². The third kappa shape index (κ3) is 5.35. The summed E-state index contributed by atoms with van der Waals surface area (Å²) < 4.78 is 12.1. The number of aromatic nitrogens is 1. The summed E-state index contributed by atoms with van der Waals surface area (Å²) in [5.41, 5.74) is 3.23. The van der Waals surface area contributed by atoms with Crippen molar-refractivity contribution in [3.05, 3.63) is 88.6 Å². The van der Waals surface area contributed by atoms with Crippen molar-refractivity contribution in [3.63, 3.8) is 0 Å². The third-order valence-corrected chi connectivity index (χ3v) is 6.23. The van der Waals surface area contributed by atoms with Gasteiger partial charge in [0.05, 0.1) is 26.2 Å². The lowest BCUT2D eigenvalue weighted by molar-refractivity contribution is -0.119. The fraction of sp³-hybridized carbons (Fsp3) is 0.148. The summed E-state index contributed by atoms with van der Waals surface area (Å²) >= 11 is 11.3. The molecule has 1 heterocycles. The summed E-state index contributed by atoms with van der Waals surface area (Å²) in [4.78, 5) is 26.4. The molecule has 0 fully saturated rings. The summed E-state index contributed by atoms with van der Waals surface area (Å²) in [6.45, 7) is 1.82. The van der Waals surface area contributed by atoms with Gasteiger partial charge in [0, 0.05) is 27.4 Å². The normalized spacial score (nSPS) is 10.7. The largest absolute Gasteiger partial charge is 0.497 e. The van der Waals surface area contributed by atoms with Gasteiger partial charge in [-0.2, -0.15) is 0 Å². The second kappa shape index (κ2) is 10.8. The molecule has 4 aromatic rings. The van der Waals surface area contributed by atoms with E-state index in [-0.39, 0.29) is 23.3 Å². The number of anilines is 1. The van der Waals surface area contributed by atoms with E-state index in [0.29, 0.717) is 44.5 Å². The molecule has 0 aliphatic carbocycles. The summed E-state index contributed by atoms with van der Waals surface area (Å²) in [6, 6.07) is 19.3. The average Bonchev–Trinajstić information content (AvgIpc) is 3.14. The molecule has 0 saturated heterocycles. The number of hydrogen-bond donors (Lipinski definition) is 2. The number of carbonyl (C=O) groups excluding carboxylic acids is 2. The van der Waals surface area contributed by atoms with Crippen LogP contribution in [-0.4, -0.2) is 35.7 Å². The Morgan fingerprint density at radius 1 is 0.944 bits per heavy atom. The van der Waals surface area contributed by atoms with Crippen LogP contribution in [0.15, 0.2) is 66.7 Å². The fourth-order valence-electron chi connectivity index (χ4n) is 3.96. The molecular formula is C27H24ClN3O4S. The van der Waals surface area contributed by atoms with Gasteiger partial charge >= 0.3 is 0 Å². The molecule has 2 N–H and O–H groups in total. The van der Waals surface area contributed by atoms with Crippen molar-refractivity contribution in [1.82, 2.24) is 9.88 Å². The van der Waals surface area contributed by atoms with E-state index in [2.05, 4.69) is 10.6 Å². The van der Waals surface area contributed by atoms with Crippen LogP contribution in [0.4, 0.5) is 5.69 Å². The highest BCUT2D eigenvalue weighted by molar-refractivity contribution is 7.80. The average molecular weight is 522 g/mol. The molecule has 1 aromatic heterocycles. The van der Waals surface area contributed by atoms with Crippen LogP contribution in [0.25, 0.3) is 10.9 Å². The molecule has 0 radical (unpaired) electrons. The zero-order valence-corrected chi connectivity index (χ0v) is 21.5. The van der Waals surface area contributed by atoms with Gasteiger partial charge in [-0.3, -0.25) is 14.2 Å². The maximum Gasteiger partial charge on any atom is 0.262 e. The Kier molecular flexibility index (Phi) is 7.57. The topological polar surface area (TPSA) is 81.6 Å². The summed E-state index contributed by atoms with van der Waals surface area (Å²) in [5, 5.41) is 7.16. The van der Waals surface area contributed by atoms with E-state index in [1.807, 2.05) is 19.1 Å². The molecule has 0 aliphatic heterocycles. The number of methoxy groups -OCH3 is 2. The Balaban J connectivity index is 1.60. The SMILES string of the molecule is COc1ccc(NC(=S)NC(=O)Cc2c(C)n(C(=O)c3ccc(Cl)cc3)c3ccc(OC)cc23)cc1. The summed E-state index contributed by atoms with van der Waals surface area (Å²) in [5.74, 6) is 0.801. The van der Waals surface area contributed by atoms with Crippen LogP contribution >= 0.6 is 23.8 Å². The number of amides is 1. The molecule has 1 amide bonds. The van der Waals surface area contributed by atoms with Crippen molar-refractivity contribution in [2.24, 2.45) is 0 Å². The van der Waals surface area contributed by atoms with E-state index in [0.717, 1.165) is 5.39 Å². The number of nitrogens with one attached hydrogen (secondary N) is 2. The second-order valence-electron chi connectivity index (χ2n) is 8.00.